The average molecular weight is 493 g/mol. The minimum atomic E-state index is 1.18. The van der Waals surface area contributed by atoms with E-state index in [2.05, 4.69) is 112 Å². The smallest absolute Gasteiger partial charge is 0.0276 e. The molecule has 0 aliphatic carbocycles. The molecule has 3 aromatic carbocycles. The van der Waals surface area contributed by atoms with E-state index in [1.807, 2.05) is 41.5 Å². The van der Waals surface area contributed by atoms with Crippen molar-refractivity contribution in [2.75, 3.05) is 0 Å². The number of hydrogen-bond donors (Lipinski definition) is 0. The summed E-state index contributed by atoms with van der Waals surface area (Å²) in [6.45, 7) is 18.6. The van der Waals surface area contributed by atoms with Crippen LogP contribution in [0, 0.1) is 0 Å². The molecular weight excluding hydrogens is 432 g/mol. The monoisotopic (exact) mass is 492 g/mol. The van der Waals surface area contributed by atoms with E-state index in [9.17, 15) is 0 Å². The van der Waals surface area contributed by atoms with E-state index in [0.29, 0.717) is 0 Å². The molecule has 0 bridgehead atoms. The first-order valence-electron chi connectivity index (χ1n) is 14.9. The summed E-state index contributed by atoms with van der Waals surface area (Å²) in [4.78, 5) is 0. The molecule has 0 aromatic heterocycles. The topological polar surface area (TPSA) is 0 Å². The van der Waals surface area contributed by atoms with Crippen LogP contribution in [0.2, 0.25) is 0 Å². The summed E-state index contributed by atoms with van der Waals surface area (Å²) in [5, 5.41) is 0. The number of rotatable bonds is 9. The second-order valence-electron chi connectivity index (χ2n) is 7.77. The van der Waals surface area contributed by atoms with Gasteiger partial charge in [0.25, 0.3) is 0 Å². The van der Waals surface area contributed by atoms with Crippen molar-refractivity contribution in [3.63, 3.8) is 0 Å². The minimum absolute atomic E-state index is 1.18. The van der Waals surface area contributed by atoms with Gasteiger partial charge in [-0.1, -0.05) is 179 Å². The van der Waals surface area contributed by atoms with E-state index in [-0.39, 0.29) is 0 Å². The molecule has 204 valence electrons. The highest BCUT2D eigenvalue weighted by Crippen LogP contribution is 2.07. The lowest BCUT2D eigenvalue weighted by atomic mass is 10.0. The molecule has 3 rings (SSSR count). The van der Waals surface area contributed by atoms with E-state index in [1.165, 1.54) is 74.5 Å². The zero-order valence-electron chi connectivity index (χ0n) is 25.5. The van der Waals surface area contributed by atoms with Gasteiger partial charge < -0.3 is 0 Å². The van der Waals surface area contributed by atoms with Gasteiger partial charge in [0, 0.05) is 0 Å². The Bertz CT molecular complexity index is 659. The Morgan fingerprint density at radius 3 is 0.806 bits per heavy atom. The Balaban J connectivity index is -0.000000450. The summed E-state index contributed by atoms with van der Waals surface area (Å²) in [6.07, 6.45) is 11.5. The largest absolute Gasteiger partial charge is 0.0683 e. The van der Waals surface area contributed by atoms with E-state index in [4.69, 9.17) is 0 Å². The van der Waals surface area contributed by atoms with Gasteiger partial charge in [-0.05, 0) is 48.8 Å². The lowest BCUT2D eigenvalue weighted by molar-refractivity contribution is 0.772. The van der Waals surface area contributed by atoms with Crippen molar-refractivity contribution in [2.45, 2.75) is 120 Å². The lowest BCUT2D eigenvalue weighted by Gasteiger charge is -2.01. The fourth-order valence-corrected chi connectivity index (χ4v) is 3.17. The van der Waals surface area contributed by atoms with E-state index < -0.39 is 0 Å². The van der Waals surface area contributed by atoms with Gasteiger partial charge in [-0.2, -0.15) is 0 Å². The van der Waals surface area contributed by atoms with Crippen molar-refractivity contribution < 1.29 is 0 Å². The molecule has 0 fully saturated rings. The predicted octanol–water partition coefficient (Wildman–Crippen LogP) is 12.2. The molecule has 0 N–H and O–H groups in total. The van der Waals surface area contributed by atoms with Crippen LogP contribution in [0.25, 0.3) is 0 Å². The molecule has 0 aliphatic rings. The van der Waals surface area contributed by atoms with Gasteiger partial charge in [0.05, 0.1) is 0 Å². The maximum absolute atomic E-state index is 2.23. The number of benzene rings is 3. The Hall–Kier alpha value is -2.34. The van der Waals surface area contributed by atoms with Gasteiger partial charge in [0.2, 0.25) is 0 Å². The third kappa shape index (κ3) is 26.3. The fraction of sp³-hybridized carbons (Fsp3) is 0.500. The third-order valence-electron chi connectivity index (χ3n) is 4.99. The quantitative estimate of drug-likeness (QED) is 0.278. The molecular formula is C36H60. The molecule has 0 spiro atoms. The second-order valence-corrected chi connectivity index (χ2v) is 7.77. The van der Waals surface area contributed by atoms with Gasteiger partial charge in [0.1, 0.15) is 0 Å². The Kier molecular flexibility index (Phi) is 36.9. The highest BCUT2D eigenvalue weighted by Gasteiger charge is 1.93. The van der Waals surface area contributed by atoms with Crippen LogP contribution >= 0.6 is 0 Å². The summed E-state index contributed by atoms with van der Waals surface area (Å²) >= 11 is 0. The Morgan fingerprint density at radius 2 is 0.583 bits per heavy atom. The average Bonchev–Trinajstić information content (AvgIpc) is 2.98. The molecule has 0 saturated heterocycles. The van der Waals surface area contributed by atoms with Crippen molar-refractivity contribution in [3.05, 3.63) is 108 Å². The first-order valence-corrected chi connectivity index (χ1v) is 14.9. The summed E-state index contributed by atoms with van der Waals surface area (Å²) < 4.78 is 0. The second kappa shape index (κ2) is 34.8. The maximum Gasteiger partial charge on any atom is -0.0276 e. The molecule has 0 heteroatoms. The van der Waals surface area contributed by atoms with Crippen molar-refractivity contribution >= 4 is 0 Å². The zero-order chi connectivity index (χ0) is 27.7. The van der Waals surface area contributed by atoms with Gasteiger partial charge in [-0.15, -0.1) is 0 Å². The highest BCUT2D eigenvalue weighted by atomic mass is 14.0. The number of unbranched alkanes of at least 4 members (excludes halogenated alkanes) is 3. The summed E-state index contributed by atoms with van der Waals surface area (Å²) in [6, 6.07) is 32.0. The third-order valence-corrected chi connectivity index (χ3v) is 4.99. The molecule has 0 atom stereocenters. The standard InChI is InChI=1S/C15H16.C10H14.C5H12.3C2H6/c1-3-8-14(9-4-1)12-7-13-15-10-5-2-6-11-15;1-2-3-7-10-8-5-4-6-9-10;1-3-5-4-2;3*1-2/h1-6,8-11H,7,12-13H2;4-6,8-9H,2-3,7H2,1H3;3-5H2,1-2H3;3*1-2H3. The number of aryl methyl sites for hydroxylation is 3. The van der Waals surface area contributed by atoms with Crippen LogP contribution in [0.5, 0.6) is 0 Å². The van der Waals surface area contributed by atoms with Crippen LogP contribution in [-0.4, -0.2) is 0 Å². The molecule has 0 radical (unpaired) electrons. The SMILES string of the molecule is CC.CC.CC.CCCCC.CCCCc1ccccc1.c1ccc(CCCc2ccccc2)cc1. The fourth-order valence-electron chi connectivity index (χ4n) is 3.17. The van der Waals surface area contributed by atoms with Crippen molar-refractivity contribution in [1.82, 2.24) is 0 Å². The first-order chi connectivity index (χ1) is 17.8. The van der Waals surface area contributed by atoms with Gasteiger partial charge >= 0.3 is 0 Å². The molecule has 0 heterocycles. The van der Waals surface area contributed by atoms with E-state index in [0.717, 1.165) is 0 Å². The lowest BCUT2D eigenvalue weighted by Crippen LogP contribution is -1.89. The zero-order valence-corrected chi connectivity index (χ0v) is 25.5. The van der Waals surface area contributed by atoms with Crippen LogP contribution in [0.4, 0.5) is 0 Å². The summed E-state index contributed by atoms with van der Waals surface area (Å²) in [5.41, 5.74) is 4.34. The summed E-state index contributed by atoms with van der Waals surface area (Å²) in [5.74, 6) is 0. The maximum atomic E-state index is 2.23. The Morgan fingerprint density at radius 1 is 0.333 bits per heavy atom. The van der Waals surface area contributed by atoms with Gasteiger partial charge in [-0.25, -0.2) is 0 Å². The molecule has 36 heavy (non-hydrogen) atoms. The van der Waals surface area contributed by atoms with Crippen molar-refractivity contribution in [2.24, 2.45) is 0 Å². The molecule has 0 saturated carbocycles. The molecule has 0 unspecified atom stereocenters. The Labute approximate surface area is 227 Å². The van der Waals surface area contributed by atoms with Crippen molar-refractivity contribution in [3.8, 4) is 0 Å². The van der Waals surface area contributed by atoms with Crippen LogP contribution in [0.1, 0.15) is 118 Å². The molecule has 0 aliphatic heterocycles. The van der Waals surface area contributed by atoms with Crippen LogP contribution < -0.4 is 0 Å². The number of hydrogen-bond acceptors (Lipinski definition) is 0. The summed E-state index contributed by atoms with van der Waals surface area (Å²) in [7, 11) is 0. The van der Waals surface area contributed by atoms with E-state index in [1.54, 1.807) is 0 Å². The van der Waals surface area contributed by atoms with Gasteiger partial charge in [-0.3, -0.25) is 0 Å². The first kappa shape index (κ1) is 38.2. The van der Waals surface area contributed by atoms with Crippen LogP contribution in [0.15, 0.2) is 91.0 Å². The molecule has 3 aromatic rings. The minimum Gasteiger partial charge on any atom is -0.0683 e. The van der Waals surface area contributed by atoms with E-state index >= 15 is 0 Å². The molecule has 0 nitrogen and oxygen atoms in total. The van der Waals surface area contributed by atoms with Crippen molar-refractivity contribution in [1.29, 1.82) is 0 Å². The van der Waals surface area contributed by atoms with Gasteiger partial charge in [0.15, 0.2) is 0 Å². The normalized spacial score (nSPS) is 8.58. The van der Waals surface area contributed by atoms with Crippen LogP contribution in [0.3, 0.4) is 0 Å². The molecule has 0 amide bonds. The van der Waals surface area contributed by atoms with Crippen LogP contribution in [-0.2, 0) is 19.3 Å². The highest BCUT2D eigenvalue weighted by molar-refractivity contribution is 5.17. The predicted molar refractivity (Wildman–Crippen MR) is 169 cm³/mol.